The van der Waals surface area contributed by atoms with Gasteiger partial charge in [0.25, 0.3) is 5.91 Å². The highest BCUT2D eigenvalue weighted by molar-refractivity contribution is 7.80. The van der Waals surface area contributed by atoms with Crippen molar-refractivity contribution in [3.63, 3.8) is 0 Å². The lowest BCUT2D eigenvalue weighted by molar-refractivity contribution is 0.0950. The van der Waals surface area contributed by atoms with Crippen LogP contribution in [0.5, 0.6) is 5.88 Å². The van der Waals surface area contributed by atoms with Crippen LogP contribution >= 0.6 is 12.6 Å². The summed E-state index contributed by atoms with van der Waals surface area (Å²) in [6, 6.07) is 7.54. The average Bonchev–Trinajstić information content (AvgIpc) is 2.48. The fourth-order valence-electron chi connectivity index (χ4n) is 1.57. The van der Waals surface area contributed by atoms with Gasteiger partial charge in [-0.3, -0.25) is 4.79 Å². The summed E-state index contributed by atoms with van der Waals surface area (Å²) in [5.74, 6) is -0.237. The average molecular weight is 292 g/mol. The number of nitrogens with one attached hydrogen (secondary N) is 1. The smallest absolute Gasteiger partial charge is 0.251 e. The minimum atomic E-state index is -0.454. The van der Waals surface area contributed by atoms with Crippen LogP contribution in [0, 0.1) is 5.82 Å². The second-order valence-corrected chi connectivity index (χ2v) is 4.54. The first-order valence-corrected chi connectivity index (χ1v) is 6.30. The van der Waals surface area contributed by atoms with E-state index in [1.165, 1.54) is 25.3 Å². The number of nitrogens with zero attached hydrogens (tertiary/aromatic N) is 1. The maximum absolute atomic E-state index is 13.1. The Morgan fingerprint density at radius 2 is 2.20 bits per heavy atom. The Kier molecular flexibility index (Phi) is 4.57. The normalized spacial score (nSPS) is 10.2. The zero-order chi connectivity index (χ0) is 14.5. The molecule has 4 nitrogen and oxygen atoms in total. The Bertz CT molecular complexity index is 617. The third-order valence-electron chi connectivity index (χ3n) is 2.67. The molecule has 1 aromatic carbocycles. The maximum Gasteiger partial charge on any atom is 0.251 e. The van der Waals surface area contributed by atoms with Gasteiger partial charge in [0.05, 0.1) is 7.11 Å². The molecule has 1 heterocycles. The van der Waals surface area contributed by atoms with Gasteiger partial charge in [0.1, 0.15) is 5.82 Å². The third-order valence-corrected chi connectivity index (χ3v) is 3.01. The summed E-state index contributed by atoms with van der Waals surface area (Å²) in [5, 5.41) is 2.72. The fourth-order valence-corrected chi connectivity index (χ4v) is 1.79. The van der Waals surface area contributed by atoms with Gasteiger partial charge < -0.3 is 10.1 Å². The van der Waals surface area contributed by atoms with E-state index in [-0.39, 0.29) is 10.8 Å². The number of carbonyl (C=O) groups is 1. The van der Waals surface area contributed by atoms with Gasteiger partial charge in [-0.25, -0.2) is 9.37 Å². The van der Waals surface area contributed by atoms with E-state index in [2.05, 4.69) is 22.9 Å². The molecule has 1 aromatic heterocycles. The molecule has 0 saturated carbocycles. The summed E-state index contributed by atoms with van der Waals surface area (Å²) in [7, 11) is 1.54. The van der Waals surface area contributed by atoms with Crippen molar-refractivity contribution in [2.75, 3.05) is 7.11 Å². The number of aromatic nitrogens is 1. The van der Waals surface area contributed by atoms with Crippen LogP contribution in [0.3, 0.4) is 0 Å². The largest absolute Gasteiger partial charge is 0.481 e. The highest BCUT2D eigenvalue weighted by Crippen LogP contribution is 2.14. The monoisotopic (exact) mass is 292 g/mol. The Hall–Kier alpha value is -2.08. The molecule has 0 spiro atoms. The molecule has 0 fully saturated rings. The van der Waals surface area contributed by atoms with Crippen LogP contribution in [0.4, 0.5) is 4.39 Å². The van der Waals surface area contributed by atoms with Crippen LogP contribution in [0.25, 0.3) is 0 Å². The molecule has 104 valence electrons. The molecule has 0 bridgehead atoms. The zero-order valence-corrected chi connectivity index (χ0v) is 11.7. The van der Waals surface area contributed by atoms with Gasteiger partial charge in [0, 0.05) is 29.3 Å². The van der Waals surface area contributed by atoms with E-state index in [4.69, 9.17) is 4.74 Å². The Morgan fingerprint density at radius 3 is 2.80 bits per heavy atom. The summed E-state index contributed by atoms with van der Waals surface area (Å²) < 4.78 is 18.0. The van der Waals surface area contributed by atoms with E-state index in [0.29, 0.717) is 18.0 Å². The molecule has 2 rings (SSSR count). The van der Waals surface area contributed by atoms with Gasteiger partial charge in [-0.15, -0.1) is 12.6 Å². The van der Waals surface area contributed by atoms with E-state index >= 15 is 0 Å². The van der Waals surface area contributed by atoms with E-state index in [9.17, 15) is 9.18 Å². The molecule has 0 aliphatic carbocycles. The predicted octanol–water partition coefficient (Wildman–Crippen LogP) is 2.45. The van der Waals surface area contributed by atoms with Gasteiger partial charge in [-0.1, -0.05) is 6.07 Å². The van der Waals surface area contributed by atoms with Crippen LogP contribution in [0.1, 0.15) is 15.9 Å². The lowest BCUT2D eigenvalue weighted by atomic mass is 10.2. The minimum Gasteiger partial charge on any atom is -0.481 e. The Morgan fingerprint density at radius 1 is 1.40 bits per heavy atom. The standard InChI is InChI=1S/C14H13FN2O2S/c1-19-13-5-2-9(7-16-13)8-17-14(18)10-3-4-11(15)12(20)6-10/h2-7,20H,8H2,1H3,(H,17,18). The van der Waals surface area contributed by atoms with E-state index in [0.717, 1.165) is 5.56 Å². The van der Waals surface area contributed by atoms with E-state index in [1.807, 2.05) is 0 Å². The molecule has 6 heteroatoms. The van der Waals surface area contributed by atoms with Gasteiger partial charge in [-0.05, 0) is 23.8 Å². The molecular formula is C14H13FN2O2S. The van der Waals surface area contributed by atoms with Crippen LogP contribution in [0.15, 0.2) is 41.4 Å². The van der Waals surface area contributed by atoms with Crippen LogP contribution < -0.4 is 10.1 Å². The van der Waals surface area contributed by atoms with Crippen molar-refractivity contribution in [1.82, 2.24) is 10.3 Å². The van der Waals surface area contributed by atoms with E-state index < -0.39 is 5.82 Å². The molecular weight excluding hydrogens is 279 g/mol. The number of hydrogen-bond donors (Lipinski definition) is 2. The summed E-state index contributed by atoms with van der Waals surface area (Å²) in [6.45, 7) is 0.328. The molecule has 0 unspecified atom stereocenters. The van der Waals surface area contributed by atoms with Crippen molar-refractivity contribution in [3.8, 4) is 5.88 Å². The van der Waals surface area contributed by atoms with Crippen molar-refractivity contribution < 1.29 is 13.9 Å². The number of methoxy groups -OCH3 is 1. The quantitative estimate of drug-likeness (QED) is 0.851. The number of pyridine rings is 1. The van der Waals surface area contributed by atoms with Crippen LogP contribution in [-0.4, -0.2) is 18.0 Å². The first-order chi connectivity index (χ1) is 9.60. The molecule has 0 saturated heterocycles. The van der Waals surface area contributed by atoms with E-state index in [1.54, 1.807) is 18.3 Å². The minimum absolute atomic E-state index is 0.142. The van der Waals surface area contributed by atoms with Gasteiger partial charge in [0.2, 0.25) is 5.88 Å². The van der Waals surface area contributed by atoms with Crippen molar-refractivity contribution in [2.24, 2.45) is 0 Å². The Balaban J connectivity index is 1.98. The molecule has 0 radical (unpaired) electrons. The lowest BCUT2D eigenvalue weighted by Gasteiger charge is -2.06. The summed E-state index contributed by atoms with van der Waals surface area (Å²) in [4.78, 5) is 16.1. The second-order valence-electron chi connectivity index (χ2n) is 4.06. The fraction of sp³-hybridized carbons (Fsp3) is 0.143. The zero-order valence-electron chi connectivity index (χ0n) is 10.8. The van der Waals surface area contributed by atoms with Gasteiger partial charge >= 0.3 is 0 Å². The van der Waals surface area contributed by atoms with Gasteiger partial charge in [-0.2, -0.15) is 0 Å². The first-order valence-electron chi connectivity index (χ1n) is 5.86. The Labute approximate surface area is 121 Å². The lowest BCUT2D eigenvalue weighted by Crippen LogP contribution is -2.22. The molecule has 0 atom stereocenters. The highest BCUT2D eigenvalue weighted by Gasteiger charge is 2.08. The number of rotatable bonds is 4. The number of hydrogen-bond acceptors (Lipinski definition) is 4. The topological polar surface area (TPSA) is 51.2 Å². The summed E-state index contributed by atoms with van der Waals surface area (Å²) in [6.07, 6.45) is 1.62. The number of ether oxygens (including phenoxy) is 1. The first kappa shape index (κ1) is 14.3. The maximum atomic E-state index is 13.1. The molecule has 0 aliphatic heterocycles. The van der Waals surface area contributed by atoms with Gasteiger partial charge in [0.15, 0.2) is 0 Å². The van der Waals surface area contributed by atoms with Crippen LogP contribution in [0.2, 0.25) is 0 Å². The summed E-state index contributed by atoms with van der Waals surface area (Å²) >= 11 is 3.94. The molecule has 1 amide bonds. The van der Waals surface area contributed by atoms with Crippen molar-refractivity contribution >= 4 is 18.5 Å². The number of amides is 1. The van der Waals surface area contributed by atoms with Crippen molar-refractivity contribution in [1.29, 1.82) is 0 Å². The molecule has 0 aliphatic rings. The number of benzene rings is 1. The molecule has 20 heavy (non-hydrogen) atoms. The van der Waals surface area contributed by atoms with Crippen LogP contribution in [-0.2, 0) is 6.54 Å². The SMILES string of the molecule is COc1ccc(CNC(=O)c2ccc(F)c(S)c2)cn1. The molecule has 1 N–H and O–H groups in total. The highest BCUT2D eigenvalue weighted by atomic mass is 32.1. The summed E-state index contributed by atoms with van der Waals surface area (Å²) in [5.41, 5.74) is 1.20. The number of halogens is 1. The predicted molar refractivity (Wildman–Crippen MR) is 75.6 cm³/mol. The second kappa shape index (κ2) is 6.38. The third kappa shape index (κ3) is 3.48. The molecule has 2 aromatic rings. The number of thiol groups is 1. The van der Waals surface area contributed by atoms with Crippen molar-refractivity contribution in [2.45, 2.75) is 11.4 Å². The van der Waals surface area contributed by atoms with Crippen molar-refractivity contribution in [3.05, 3.63) is 53.5 Å². The number of carbonyl (C=O) groups excluding carboxylic acids is 1.